The summed E-state index contributed by atoms with van der Waals surface area (Å²) in [4.78, 5) is 54.6. The molecule has 0 radical (unpaired) electrons. The first-order chi connectivity index (χ1) is 18.4. The van der Waals surface area contributed by atoms with Crippen molar-refractivity contribution in [3.63, 3.8) is 0 Å². The quantitative estimate of drug-likeness (QED) is 0.206. The third-order valence-electron chi connectivity index (χ3n) is 6.59. The highest BCUT2D eigenvalue weighted by molar-refractivity contribution is 6.41. The van der Waals surface area contributed by atoms with Gasteiger partial charge in [-0.2, -0.15) is 0 Å². The van der Waals surface area contributed by atoms with Gasteiger partial charge in [-0.25, -0.2) is 14.2 Å². The molecule has 1 aromatic heterocycles. The molecule has 39 heavy (non-hydrogen) atoms. The summed E-state index contributed by atoms with van der Waals surface area (Å²) in [6.07, 6.45) is -0.253. The number of methoxy groups -OCH3 is 1. The monoisotopic (exact) mass is 568 g/mol. The summed E-state index contributed by atoms with van der Waals surface area (Å²) in [5.41, 5.74) is 5.24. The van der Waals surface area contributed by atoms with E-state index in [2.05, 4.69) is 0 Å². The Hall–Kier alpha value is -3.92. The van der Waals surface area contributed by atoms with Crippen LogP contribution in [0.3, 0.4) is 0 Å². The lowest BCUT2D eigenvalue weighted by molar-refractivity contribution is -0.145. The van der Waals surface area contributed by atoms with E-state index in [1.165, 1.54) is 16.7 Å². The van der Waals surface area contributed by atoms with Crippen LogP contribution in [0.25, 0.3) is 16.6 Å². The second-order valence-electron chi connectivity index (χ2n) is 9.31. The van der Waals surface area contributed by atoms with Gasteiger partial charge in [0.2, 0.25) is 0 Å². The fourth-order valence-corrected chi connectivity index (χ4v) is 4.97. The molecule has 202 valence electrons. The minimum Gasteiger partial charge on any atom is -0.467 e. The van der Waals surface area contributed by atoms with E-state index in [0.29, 0.717) is 22.2 Å². The maximum atomic E-state index is 13.4. The molecule has 0 aliphatic heterocycles. The minimum atomic E-state index is -2.14. The zero-order valence-corrected chi connectivity index (χ0v) is 23.2. The SMILES string of the molecule is COC(=O)[C@@](N)(Cc1ccc(-n2c(=O)c3cc(N(C)C)ccc3n(C)c2=O)cc1)C(=O)c1c(Cl)cccc1Cl. The number of benzene rings is 3. The van der Waals surface area contributed by atoms with Gasteiger partial charge in [0.1, 0.15) is 0 Å². The number of ether oxygens (including phenoxy) is 1. The van der Waals surface area contributed by atoms with Gasteiger partial charge in [0.15, 0.2) is 11.3 Å². The highest BCUT2D eigenvalue weighted by Gasteiger charge is 2.45. The number of carbonyl (C=O) groups is 2. The van der Waals surface area contributed by atoms with E-state index < -0.39 is 28.5 Å². The zero-order valence-electron chi connectivity index (χ0n) is 21.7. The summed E-state index contributed by atoms with van der Waals surface area (Å²) < 4.78 is 7.32. The standard InChI is InChI=1S/C28H26Cl2N4O5/c1-32(2)18-12-13-22-19(14-18)25(36)34(27(38)33(22)3)17-10-8-16(9-11-17)15-28(31,26(37)39-4)24(35)23-20(29)6-5-7-21(23)30/h5-14H,15,31H2,1-4H3/t28-/m1/s1. The van der Waals surface area contributed by atoms with Gasteiger partial charge in [0.05, 0.1) is 39.3 Å². The Balaban J connectivity index is 1.77. The molecule has 1 atom stereocenters. The maximum Gasteiger partial charge on any atom is 0.335 e. The average Bonchev–Trinajstić information content (AvgIpc) is 2.91. The summed E-state index contributed by atoms with van der Waals surface area (Å²) in [6, 6.07) is 16.0. The van der Waals surface area contributed by atoms with Crippen molar-refractivity contribution in [2.75, 3.05) is 26.1 Å². The molecule has 9 nitrogen and oxygen atoms in total. The molecule has 0 spiro atoms. The molecule has 0 fully saturated rings. The van der Waals surface area contributed by atoms with E-state index in [4.69, 9.17) is 33.7 Å². The van der Waals surface area contributed by atoms with Crippen LogP contribution in [0.4, 0.5) is 5.69 Å². The Morgan fingerprint density at radius 3 is 2.18 bits per heavy atom. The predicted molar refractivity (Wildman–Crippen MR) is 153 cm³/mol. The Morgan fingerprint density at radius 2 is 1.62 bits per heavy atom. The number of anilines is 1. The minimum absolute atomic E-state index is 0.0468. The first-order valence-corrected chi connectivity index (χ1v) is 12.5. The van der Waals surface area contributed by atoms with Crippen LogP contribution in [0.5, 0.6) is 0 Å². The molecule has 0 saturated carbocycles. The third-order valence-corrected chi connectivity index (χ3v) is 7.22. The van der Waals surface area contributed by atoms with Crippen LogP contribution in [0.15, 0.2) is 70.3 Å². The molecular formula is C28H26Cl2N4O5. The van der Waals surface area contributed by atoms with Gasteiger partial charge >= 0.3 is 11.7 Å². The molecular weight excluding hydrogens is 543 g/mol. The van der Waals surface area contributed by atoms with Gasteiger partial charge in [-0.05, 0) is 48.0 Å². The van der Waals surface area contributed by atoms with Crippen LogP contribution in [-0.2, 0) is 23.0 Å². The van der Waals surface area contributed by atoms with E-state index in [0.717, 1.165) is 17.4 Å². The van der Waals surface area contributed by atoms with Crippen LogP contribution < -0.4 is 21.9 Å². The Bertz CT molecular complexity index is 1710. The van der Waals surface area contributed by atoms with E-state index >= 15 is 0 Å². The van der Waals surface area contributed by atoms with E-state index in [-0.39, 0.29) is 22.0 Å². The van der Waals surface area contributed by atoms with Crippen molar-refractivity contribution in [1.29, 1.82) is 0 Å². The first-order valence-electron chi connectivity index (χ1n) is 11.8. The molecule has 11 heteroatoms. The van der Waals surface area contributed by atoms with Gasteiger partial charge in [-0.1, -0.05) is 41.4 Å². The fourth-order valence-electron chi connectivity index (χ4n) is 4.40. The molecule has 0 saturated heterocycles. The molecule has 0 aliphatic rings. The first kappa shape index (κ1) is 28.1. The van der Waals surface area contributed by atoms with Crippen LogP contribution in [0.2, 0.25) is 10.0 Å². The number of aromatic nitrogens is 2. The van der Waals surface area contributed by atoms with Crippen LogP contribution in [0, 0.1) is 0 Å². The van der Waals surface area contributed by atoms with Gasteiger partial charge in [0, 0.05) is 33.3 Å². The number of nitrogens with zero attached hydrogens (tertiary/aromatic N) is 3. The number of halogens is 2. The number of esters is 1. The molecule has 1 heterocycles. The molecule has 0 amide bonds. The molecule has 3 aromatic carbocycles. The van der Waals surface area contributed by atoms with Crippen molar-refractivity contribution in [2.24, 2.45) is 12.8 Å². The zero-order chi connectivity index (χ0) is 28.6. The number of ketones is 1. The number of hydrogen-bond acceptors (Lipinski definition) is 7. The smallest absolute Gasteiger partial charge is 0.335 e. The number of carbonyl (C=O) groups excluding carboxylic acids is 2. The largest absolute Gasteiger partial charge is 0.467 e. The highest BCUT2D eigenvalue weighted by atomic mass is 35.5. The average molecular weight is 569 g/mol. The number of nitrogens with two attached hydrogens (primary N) is 1. The number of fused-ring (bicyclic) bond motifs is 1. The van der Waals surface area contributed by atoms with Gasteiger partial charge < -0.3 is 15.4 Å². The van der Waals surface area contributed by atoms with Crippen molar-refractivity contribution in [3.8, 4) is 5.69 Å². The Kier molecular flexibility index (Phi) is 7.70. The number of aryl methyl sites for hydroxylation is 1. The van der Waals surface area contributed by atoms with Gasteiger partial charge in [-0.3, -0.25) is 14.2 Å². The highest BCUT2D eigenvalue weighted by Crippen LogP contribution is 2.30. The van der Waals surface area contributed by atoms with Gasteiger partial charge in [0.25, 0.3) is 5.56 Å². The molecule has 0 unspecified atom stereocenters. The molecule has 0 aliphatic carbocycles. The normalized spacial score (nSPS) is 12.7. The fraction of sp³-hybridized carbons (Fsp3) is 0.214. The number of rotatable bonds is 7. The lowest BCUT2D eigenvalue weighted by Gasteiger charge is -2.26. The van der Waals surface area contributed by atoms with Crippen LogP contribution >= 0.6 is 23.2 Å². The maximum absolute atomic E-state index is 13.4. The number of hydrogen-bond donors (Lipinski definition) is 1. The third kappa shape index (κ3) is 4.96. The van der Waals surface area contributed by atoms with Crippen molar-refractivity contribution in [3.05, 3.63) is 103 Å². The van der Waals surface area contributed by atoms with Crippen molar-refractivity contribution in [2.45, 2.75) is 12.0 Å². The molecule has 2 N–H and O–H groups in total. The summed E-state index contributed by atoms with van der Waals surface area (Å²) in [7, 11) is 6.43. The summed E-state index contributed by atoms with van der Waals surface area (Å²) in [5.74, 6) is -1.77. The predicted octanol–water partition coefficient (Wildman–Crippen LogP) is 3.36. The Labute approximate surface area is 233 Å². The molecule has 0 bridgehead atoms. The van der Waals surface area contributed by atoms with E-state index in [1.54, 1.807) is 49.5 Å². The second kappa shape index (κ2) is 10.7. The summed E-state index contributed by atoms with van der Waals surface area (Å²) in [6.45, 7) is 0. The lowest BCUT2D eigenvalue weighted by atomic mass is 9.84. The van der Waals surface area contributed by atoms with Crippen LogP contribution in [-0.4, -0.2) is 47.6 Å². The second-order valence-corrected chi connectivity index (χ2v) is 10.1. The lowest BCUT2D eigenvalue weighted by Crippen LogP contribution is -2.57. The van der Waals surface area contributed by atoms with Crippen molar-refractivity contribution >= 4 is 51.5 Å². The van der Waals surface area contributed by atoms with Crippen molar-refractivity contribution in [1.82, 2.24) is 9.13 Å². The Morgan fingerprint density at radius 1 is 1.00 bits per heavy atom. The van der Waals surface area contributed by atoms with Gasteiger partial charge in [-0.15, -0.1) is 0 Å². The summed E-state index contributed by atoms with van der Waals surface area (Å²) >= 11 is 12.4. The number of Topliss-reactive ketones (excluding diaryl/α,β-unsaturated/α-hetero) is 1. The van der Waals surface area contributed by atoms with E-state index in [9.17, 15) is 19.2 Å². The van der Waals surface area contributed by atoms with Crippen molar-refractivity contribution < 1.29 is 14.3 Å². The topological polar surface area (TPSA) is 117 Å². The van der Waals surface area contributed by atoms with Crippen LogP contribution in [0.1, 0.15) is 15.9 Å². The molecule has 4 rings (SSSR count). The summed E-state index contributed by atoms with van der Waals surface area (Å²) in [5, 5.41) is 0.470. The molecule has 4 aromatic rings. The van der Waals surface area contributed by atoms with E-state index in [1.807, 2.05) is 25.1 Å².